The second kappa shape index (κ2) is 6.48. The van der Waals surface area contributed by atoms with Crippen molar-refractivity contribution < 1.29 is 0 Å². The predicted molar refractivity (Wildman–Crippen MR) is 74.8 cm³/mol. The summed E-state index contributed by atoms with van der Waals surface area (Å²) in [6.45, 7) is 7.40. The minimum Gasteiger partial charge on any atom is -0.338 e. The first-order valence-electron chi connectivity index (χ1n) is 6.91. The van der Waals surface area contributed by atoms with Crippen molar-refractivity contribution in [1.29, 1.82) is 5.26 Å². The molecule has 0 aliphatic carbocycles. The van der Waals surface area contributed by atoms with E-state index in [1.165, 1.54) is 12.8 Å². The summed E-state index contributed by atoms with van der Waals surface area (Å²) in [5, 5.41) is 12.4. The molecule has 0 spiro atoms. The number of nitriles is 1. The molecule has 1 saturated heterocycles. The molecule has 5 nitrogen and oxygen atoms in total. The molecule has 1 unspecified atom stereocenters. The van der Waals surface area contributed by atoms with Crippen molar-refractivity contribution in [3.63, 3.8) is 0 Å². The average molecular weight is 259 g/mol. The topological polar surface area (TPSA) is 64.8 Å². The second-order valence-electron chi connectivity index (χ2n) is 5.31. The van der Waals surface area contributed by atoms with E-state index in [2.05, 4.69) is 40.1 Å². The molecule has 1 atom stereocenters. The Morgan fingerprint density at radius 2 is 2.42 bits per heavy atom. The molecule has 1 fully saturated rings. The second-order valence-corrected chi connectivity index (χ2v) is 5.31. The minimum atomic E-state index is 0.330. The summed E-state index contributed by atoms with van der Waals surface area (Å²) in [4.78, 5) is 10.8. The Bertz CT molecular complexity index is 445. The maximum Gasteiger partial charge on any atom is 0.226 e. The summed E-state index contributed by atoms with van der Waals surface area (Å²) in [7, 11) is 0. The molecular weight excluding hydrogens is 238 g/mol. The van der Waals surface area contributed by atoms with E-state index in [1.54, 1.807) is 12.3 Å². The fraction of sp³-hybridized carbons (Fsp3) is 0.643. The summed E-state index contributed by atoms with van der Waals surface area (Å²) >= 11 is 0. The number of nitrogens with zero attached hydrogens (tertiary/aromatic N) is 4. The van der Waals surface area contributed by atoms with Crippen LogP contribution in [0.4, 0.5) is 5.95 Å². The third-order valence-electron chi connectivity index (χ3n) is 3.49. The summed E-state index contributed by atoms with van der Waals surface area (Å²) in [6.07, 6.45) is 4.14. The molecule has 2 heterocycles. The number of rotatable bonds is 4. The average Bonchev–Trinajstić information content (AvgIpc) is 2.45. The van der Waals surface area contributed by atoms with Crippen molar-refractivity contribution >= 4 is 5.95 Å². The lowest BCUT2D eigenvalue weighted by molar-refractivity contribution is 0.369. The van der Waals surface area contributed by atoms with Gasteiger partial charge in [0.05, 0.1) is 0 Å². The summed E-state index contributed by atoms with van der Waals surface area (Å²) in [6, 6.07) is 4.05. The molecule has 1 aromatic rings. The van der Waals surface area contributed by atoms with Crippen molar-refractivity contribution in [3.05, 3.63) is 18.0 Å². The molecule has 2 rings (SSSR count). The van der Waals surface area contributed by atoms with Gasteiger partial charge in [-0.1, -0.05) is 0 Å². The Kier molecular flexibility index (Phi) is 4.69. The van der Waals surface area contributed by atoms with Crippen LogP contribution in [-0.4, -0.2) is 35.6 Å². The summed E-state index contributed by atoms with van der Waals surface area (Å²) in [5.74, 6) is 1.30. The van der Waals surface area contributed by atoms with Gasteiger partial charge in [-0.3, -0.25) is 0 Å². The molecular formula is C14H21N5. The number of nitrogens with one attached hydrogen (secondary N) is 1. The lowest BCUT2D eigenvalue weighted by atomic mass is 9.99. The van der Waals surface area contributed by atoms with Crippen LogP contribution in [0.1, 0.15) is 32.4 Å². The Hall–Kier alpha value is -1.67. The van der Waals surface area contributed by atoms with Crippen molar-refractivity contribution in [2.45, 2.75) is 32.7 Å². The van der Waals surface area contributed by atoms with Gasteiger partial charge in [-0.2, -0.15) is 5.26 Å². The van der Waals surface area contributed by atoms with Crippen LogP contribution in [0.5, 0.6) is 0 Å². The number of hydrogen-bond acceptors (Lipinski definition) is 5. The minimum absolute atomic E-state index is 0.330. The van der Waals surface area contributed by atoms with Crippen LogP contribution < -0.4 is 10.2 Å². The maximum atomic E-state index is 8.94. The Morgan fingerprint density at radius 1 is 1.58 bits per heavy atom. The quantitative estimate of drug-likeness (QED) is 0.889. The zero-order valence-electron chi connectivity index (χ0n) is 11.6. The highest BCUT2D eigenvalue weighted by Crippen LogP contribution is 2.18. The van der Waals surface area contributed by atoms with Crippen LogP contribution in [0.25, 0.3) is 0 Å². The summed E-state index contributed by atoms with van der Waals surface area (Å²) in [5.41, 5.74) is 0.428. The van der Waals surface area contributed by atoms with E-state index in [9.17, 15) is 0 Å². The van der Waals surface area contributed by atoms with E-state index in [0.717, 1.165) is 19.6 Å². The number of anilines is 1. The number of hydrogen-bond donors (Lipinski definition) is 1. The smallest absolute Gasteiger partial charge is 0.226 e. The van der Waals surface area contributed by atoms with Crippen molar-refractivity contribution in [2.75, 3.05) is 24.5 Å². The van der Waals surface area contributed by atoms with Gasteiger partial charge in [0, 0.05) is 18.8 Å². The third kappa shape index (κ3) is 3.65. The zero-order chi connectivity index (χ0) is 13.7. The van der Waals surface area contributed by atoms with Crippen molar-refractivity contribution in [1.82, 2.24) is 15.3 Å². The molecule has 0 bridgehead atoms. The third-order valence-corrected chi connectivity index (χ3v) is 3.49. The molecule has 102 valence electrons. The van der Waals surface area contributed by atoms with Crippen LogP contribution in [0.2, 0.25) is 0 Å². The van der Waals surface area contributed by atoms with E-state index in [4.69, 9.17) is 5.26 Å². The molecule has 1 aromatic heterocycles. The van der Waals surface area contributed by atoms with Gasteiger partial charge in [0.1, 0.15) is 11.8 Å². The van der Waals surface area contributed by atoms with Crippen molar-refractivity contribution in [3.8, 4) is 6.07 Å². The molecule has 1 aliphatic rings. The molecule has 0 aromatic carbocycles. The number of aromatic nitrogens is 2. The Labute approximate surface area is 114 Å². The molecule has 1 N–H and O–H groups in total. The fourth-order valence-corrected chi connectivity index (χ4v) is 2.43. The van der Waals surface area contributed by atoms with Gasteiger partial charge < -0.3 is 10.2 Å². The predicted octanol–water partition coefficient (Wildman–Crippen LogP) is 1.56. The molecule has 19 heavy (non-hydrogen) atoms. The first-order valence-corrected chi connectivity index (χ1v) is 6.91. The standard InChI is InChI=1S/C14H21N5/c1-11(2)19(10-12-4-3-6-16-9-12)14-17-7-5-13(8-15)18-14/h5,7,11-12,16H,3-4,6,9-10H2,1-2H3. The van der Waals surface area contributed by atoms with Gasteiger partial charge in [-0.05, 0) is 51.8 Å². The Balaban J connectivity index is 2.12. The fourth-order valence-electron chi connectivity index (χ4n) is 2.43. The van der Waals surface area contributed by atoms with Gasteiger partial charge >= 0.3 is 0 Å². The van der Waals surface area contributed by atoms with E-state index >= 15 is 0 Å². The molecule has 0 radical (unpaired) electrons. The SMILES string of the molecule is CC(C)N(CC1CCCNC1)c1nccc(C#N)n1. The van der Waals surface area contributed by atoms with Gasteiger partial charge in [0.25, 0.3) is 0 Å². The van der Waals surface area contributed by atoms with Crippen molar-refractivity contribution in [2.24, 2.45) is 5.92 Å². The van der Waals surface area contributed by atoms with E-state index in [-0.39, 0.29) is 0 Å². The maximum absolute atomic E-state index is 8.94. The van der Waals surface area contributed by atoms with Crippen LogP contribution in [-0.2, 0) is 0 Å². The van der Waals surface area contributed by atoms with Gasteiger partial charge in [-0.25, -0.2) is 9.97 Å². The van der Waals surface area contributed by atoms with Gasteiger partial charge in [-0.15, -0.1) is 0 Å². The summed E-state index contributed by atoms with van der Waals surface area (Å²) < 4.78 is 0. The van der Waals surface area contributed by atoms with Gasteiger partial charge in [0.2, 0.25) is 5.95 Å². The Morgan fingerprint density at radius 3 is 3.05 bits per heavy atom. The molecule has 0 amide bonds. The highest BCUT2D eigenvalue weighted by atomic mass is 15.3. The molecule has 5 heteroatoms. The van der Waals surface area contributed by atoms with E-state index in [1.807, 2.05) is 0 Å². The van der Waals surface area contributed by atoms with Crippen LogP contribution in [0, 0.1) is 17.2 Å². The van der Waals surface area contributed by atoms with Crippen LogP contribution >= 0.6 is 0 Å². The lowest BCUT2D eigenvalue weighted by Crippen LogP contribution is -2.42. The van der Waals surface area contributed by atoms with Gasteiger partial charge in [0.15, 0.2) is 0 Å². The van der Waals surface area contributed by atoms with Crippen LogP contribution in [0.3, 0.4) is 0 Å². The number of piperidine rings is 1. The largest absolute Gasteiger partial charge is 0.338 e. The van der Waals surface area contributed by atoms with Crippen LogP contribution in [0.15, 0.2) is 12.3 Å². The van der Waals surface area contributed by atoms with E-state index < -0.39 is 0 Å². The molecule has 1 aliphatic heterocycles. The molecule has 0 saturated carbocycles. The zero-order valence-corrected chi connectivity index (χ0v) is 11.6. The normalized spacial score (nSPS) is 19.2. The first kappa shape index (κ1) is 13.8. The monoisotopic (exact) mass is 259 g/mol. The highest BCUT2D eigenvalue weighted by Gasteiger charge is 2.21. The first-order chi connectivity index (χ1) is 9.20. The highest BCUT2D eigenvalue weighted by molar-refractivity contribution is 5.34. The van der Waals surface area contributed by atoms with E-state index in [0.29, 0.717) is 23.6 Å². The lowest BCUT2D eigenvalue weighted by Gasteiger charge is -2.32.